The fourth-order valence-corrected chi connectivity index (χ4v) is 2.06. The summed E-state index contributed by atoms with van der Waals surface area (Å²) in [5, 5.41) is 8.61. The summed E-state index contributed by atoms with van der Waals surface area (Å²) in [4.78, 5) is 2.41. The largest absolute Gasteiger partial charge is 0.384 e. The number of nitriles is 1. The van der Waals surface area contributed by atoms with Gasteiger partial charge in [-0.15, -0.1) is 0 Å². The zero-order valence-corrected chi connectivity index (χ0v) is 9.20. The van der Waals surface area contributed by atoms with Gasteiger partial charge in [-0.1, -0.05) is 0 Å². The lowest BCUT2D eigenvalue weighted by molar-refractivity contribution is 0.0843. The molecule has 0 aliphatic carbocycles. The number of hydrogen-bond acceptors (Lipinski definition) is 3. The van der Waals surface area contributed by atoms with Crippen LogP contribution < -0.4 is 0 Å². The highest BCUT2D eigenvalue weighted by Crippen LogP contribution is 2.19. The van der Waals surface area contributed by atoms with Gasteiger partial charge in [-0.3, -0.25) is 4.90 Å². The Morgan fingerprint density at radius 3 is 2.64 bits per heavy atom. The van der Waals surface area contributed by atoms with Crippen LogP contribution in [0.4, 0.5) is 0 Å². The monoisotopic (exact) mass is 196 g/mol. The maximum Gasteiger partial charge on any atom is 0.0638 e. The Labute approximate surface area is 86.6 Å². The molecule has 1 fully saturated rings. The van der Waals surface area contributed by atoms with Crippen LogP contribution in [0.2, 0.25) is 0 Å². The zero-order valence-electron chi connectivity index (χ0n) is 9.20. The van der Waals surface area contributed by atoms with Crippen LogP contribution in [-0.4, -0.2) is 37.7 Å². The quantitative estimate of drug-likeness (QED) is 0.686. The number of methoxy groups -OCH3 is 1. The minimum absolute atomic E-state index is 0.420. The van der Waals surface area contributed by atoms with Gasteiger partial charge in [-0.2, -0.15) is 5.26 Å². The second-order valence-corrected chi connectivity index (χ2v) is 4.15. The second kappa shape index (κ2) is 6.00. The third kappa shape index (κ3) is 3.28. The van der Waals surface area contributed by atoms with Crippen LogP contribution >= 0.6 is 0 Å². The van der Waals surface area contributed by atoms with Crippen LogP contribution in [0.3, 0.4) is 0 Å². The molecular weight excluding hydrogens is 176 g/mol. The zero-order chi connectivity index (χ0) is 10.4. The van der Waals surface area contributed by atoms with E-state index >= 15 is 0 Å². The molecule has 0 aromatic rings. The van der Waals surface area contributed by atoms with Crippen LogP contribution in [-0.2, 0) is 4.74 Å². The number of likely N-dealkylation sites (tertiary alicyclic amines) is 1. The number of rotatable bonds is 4. The minimum Gasteiger partial charge on any atom is -0.384 e. The molecule has 1 heterocycles. The number of piperidine rings is 1. The van der Waals surface area contributed by atoms with Gasteiger partial charge in [0.25, 0.3) is 0 Å². The Morgan fingerprint density at radius 2 is 2.14 bits per heavy atom. The standard InChI is InChI=1S/C11H20N2O/c1-10(3-6-12)13-7-4-11(5-8-13)9-14-2/h10-11H,3-5,7-9H2,1-2H3. The van der Waals surface area contributed by atoms with Crippen molar-refractivity contribution >= 4 is 0 Å². The topological polar surface area (TPSA) is 36.3 Å². The molecule has 1 aliphatic heterocycles. The molecule has 0 bridgehead atoms. The molecular formula is C11H20N2O. The van der Waals surface area contributed by atoms with Crippen molar-refractivity contribution in [3.63, 3.8) is 0 Å². The average molecular weight is 196 g/mol. The van der Waals surface area contributed by atoms with Crippen LogP contribution in [0.5, 0.6) is 0 Å². The van der Waals surface area contributed by atoms with Gasteiger partial charge in [-0.05, 0) is 38.8 Å². The van der Waals surface area contributed by atoms with Gasteiger partial charge in [-0.25, -0.2) is 0 Å². The highest BCUT2D eigenvalue weighted by atomic mass is 16.5. The van der Waals surface area contributed by atoms with Crippen LogP contribution in [0, 0.1) is 17.2 Å². The van der Waals surface area contributed by atoms with Gasteiger partial charge < -0.3 is 4.74 Å². The molecule has 0 N–H and O–H groups in total. The number of ether oxygens (including phenoxy) is 1. The summed E-state index contributed by atoms with van der Waals surface area (Å²) < 4.78 is 5.15. The van der Waals surface area contributed by atoms with Gasteiger partial charge in [0.05, 0.1) is 12.5 Å². The molecule has 0 amide bonds. The van der Waals surface area contributed by atoms with E-state index < -0.39 is 0 Å². The smallest absolute Gasteiger partial charge is 0.0638 e. The van der Waals surface area contributed by atoms with Crippen molar-refractivity contribution in [2.24, 2.45) is 5.92 Å². The Balaban J connectivity index is 2.25. The summed E-state index contributed by atoms with van der Waals surface area (Å²) in [6.45, 7) is 5.27. The predicted octanol–water partition coefficient (Wildman–Crippen LogP) is 1.65. The molecule has 0 spiro atoms. The van der Waals surface area contributed by atoms with E-state index in [0.29, 0.717) is 12.5 Å². The highest BCUT2D eigenvalue weighted by molar-refractivity contribution is 4.82. The van der Waals surface area contributed by atoms with Crippen molar-refractivity contribution in [3.05, 3.63) is 0 Å². The molecule has 0 aromatic heterocycles. The summed E-state index contributed by atoms with van der Waals surface area (Å²) in [6, 6.07) is 2.65. The second-order valence-electron chi connectivity index (χ2n) is 4.15. The van der Waals surface area contributed by atoms with Crippen molar-refractivity contribution in [1.82, 2.24) is 4.90 Å². The van der Waals surface area contributed by atoms with Crippen LogP contribution in [0.25, 0.3) is 0 Å². The van der Waals surface area contributed by atoms with Crippen molar-refractivity contribution in [2.75, 3.05) is 26.8 Å². The van der Waals surface area contributed by atoms with Crippen LogP contribution in [0.1, 0.15) is 26.2 Å². The van der Waals surface area contributed by atoms with E-state index in [0.717, 1.165) is 25.6 Å². The molecule has 1 aliphatic rings. The first kappa shape index (κ1) is 11.5. The fourth-order valence-electron chi connectivity index (χ4n) is 2.06. The first-order valence-corrected chi connectivity index (χ1v) is 5.38. The lowest BCUT2D eigenvalue weighted by Crippen LogP contribution is -2.40. The highest BCUT2D eigenvalue weighted by Gasteiger charge is 2.22. The number of hydrogen-bond donors (Lipinski definition) is 0. The van der Waals surface area contributed by atoms with Gasteiger partial charge in [0.2, 0.25) is 0 Å². The van der Waals surface area contributed by atoms with E-state index in [-0.39, 0.29) is 0 Å². The summed E-state index contributed by atoms with van der Waals surface area (Å²) in [5.74, 6) is 0.727. The molecule has 3 nitrogen and oxygen atoms in total. The minimum atomic E-state index is 0.420. The maximum absolute atomic E-state index is 8.61. The summed E-state index contributed by atoms with van der Waals surface area (Å²) >= 11 is 0. The Hall–Kier alpha value is -0.590. The Bertz CT molecular complexity index is 192. The predicted molar refractivity (Wildman–Crippen MR) is 55.9 cm³/mol. The van der Waals surface area contributed by atoms with Gasteiger partial charge in [0.1, 0.15) is 0 Å². The van der Waals surface area contributed by atoms with E-state index in [1.165, 1.54) is 12.8 Å². The average Bonchev–Trinajstić information content (AvgIpc) is 2.20. The summed E-state index contributed by atoms with van der Waals surface area (Å²) in [7, 11) is 1.77. The van der Waals surface area contributed by atoms with Gasteiger partial charge in [0.15, 0.2) is 0 Å². The maximum atomic E-state index is 8.61. The first-order chi connectivity index (χ1) is 6.77. The van der Waals surface area contributed by atoms with E-state index in [1.807, 2.05) is 0 Å². The van der Waals surface area contributed by atoms with E-state index in [1.54, 1.807) is 7.11 Å². The molecule has 0 saturated carbocycles. The number of nitrogens with zero attached hydrogens (tertiary/aromatic N) is 2. The molecule has 14 heavy (non-hydrogen) atoms. The molecule has 1 unspecified atom stereocenters. The third-order valence-electron chi connectivity index (χ3n) is 3.06. The molecule has 1 rings (SSSR count). The summed E-state index contributed by atoms with van der Waals surface area (Å²) in [6.07, 6.45) is 3.07. The lowest BCUT2D eigenvalue weighted by Gasteiger charge is -2.34. The molecule has 3 heteroatoms. The molecule has 1 atom stereocenters. The van der Waals surface area contributed by atoms with Crippen molar-refractivity contribution in [1.29, 1.82) is 5.26 Å². The van der Waals surface area contributed by atoms with E-state index in [2.05, 4.69) is 17.9 Å². The lowest BCUT2D eigenvalue weighted by atomic mass is 9.96. The summed E-state index contributed by atoms with van der Waals surface area (Å²) in [5.41, 5.74) is 0. The van der Waals surface area contributed by atoms with Crippen molar-refractivity contribution < 1.29 is 4.74 Å². The van der Waals surface area contributed by atoms with Gasteiger partial charge >= 0.3 is 0 Å². The fraction of sp³-hybridized carbons (Fsp3) is 0.909. The third-order valence-corrected chi connectivity index (χ3v) is 3.06. The molecule has 80 valence electrons. The van der Waals surface area contributed by atoms with Crippen molar-refractivity contribution in [2.45, 2.75) is 32.2 Å². The van der Waals surface area contributed by atoms with Gasteiger partial charge in [0, 0.05) is 19.8 Å². The van der Waals surface area contributed by atoms with E-state index in [4.69, 9.17) is 10.00 Å². The Kier molecular flexibility index (Phi) is 4.92. The Morgan fingerprint density at radius 1 is 1.50 bits per heavy atom. The van der Waals surface area contributed by atoms with E-state index in [9.17, 15) is 0 Å². The molecule has 0 aromatic carbocycles. The SMILES string of the molecule is COCC1CCN(C(C)CC#N)CC1. The molecule has 1 saturated heterocycles. The molecule has 0 radical (unpaired) electrons. The normalized spacial score (nSPS) is 21.8. The van der Waals surface area contributed by atoms with Crippen molar-refractivity contribution in [3.8, 4) is 6.07 Å². The first-order valence-electron chi connectivity index (χ1n) is 5.38. The van der Waals surface area contributed by atoms with Crippen LogP contribution in [0.15, 0.2) is 0 Å².